The number of nitrogens with zero attached hydrogens (tertiary/aromatic N) is 2. The van der Waals surface area contributed by atoms with E-state index in [0.29, 0.717) is 10.9 Å². The van der Waals surface area contributed by atoms with Crippen LogP contribution in [0, 0.1) is 0 Å². The van der Waals surface area contributed by atoms with Crippen LogP contribution in [-0.4, -0.2) is 18.6 Å². The molecule has 0 N–H and O–H groups in total. The van der Waals surface area contributed by atoms with E-state index < -0.39 is 0 Å². The molecule has 4 heteroatoms. The van der Waals surface area contributed by atoms with Gasteiger partial charge in [0, 0.05) is 25.0 Å². The van der Waals surface area contributed by atoms with E-state index in [9.17, 15) is 0 Å². The van der Waals surface area contributed by atoms with Gasteiger partial charge in [-0.1, -0.05) is 24.6 Å². The quantitative estimate of drug-likeness (QED) is 0.816. The highest BCUT2D eigenvalue weighted by Gasteiger charge is 2.21. The van der Waals surface area contributed by atoms with Crippen LogP contribution in [-0.2, 0) is 0 Å². The first-order valence-electron chi connectivity index (χ1n) is 7.31. The lowest BCUT2D eigenvalue weighted by Crippen LogP contribution is -2.16. The zero-order chi connectivity index (χ0) is 14.8. The number of hydrogen-bond donors (Lipinski definition) is 0. The van der Waals surface area contributed by atoms with E-state index >= 15 is 0 Å². The molecule has 0 bridgehead atoms. The van der Waals surface area contributed by atoms with Crippen LogP contribution < -0.4 is 9.64 Å². The van der Waals surface area contributed by atoms with Crippen molar-refractivity contribution >= 4 is 23.1 Å². The zero-order valence-electron chi connectivity index (χ0n) is 12.3. The van der Waals surface area contributed by atoms with Crippen molar-refractivity contribution in [3.8, 4) is 5.75 Å². The summed E-state index contributed by atoms with van der Waals surface area (Å²) in [5.41, 5.74) is 2.39. The molecule has 1 aliphatic rings. The van der Waals surface area contributed by atoms with Crippen LogP contribution in [0.25, 0.3) is 0 Å². The number of benzene rings is 1. The fourth-order valence-electron chi connectivity index (χ4n) is 2.78. The average Bonchev–Trinajstić information content (AvgIpc) is 2.53. The van der Waals surface area contributed by atoms with Crippen LogP contribution in [0.1, 0.15) is 31.2 Å². The summed E-state index contributed by atoms with van der Waals surface area (Å²) in [6, 6.07) is 10.2. The topological polar surface area (TPSA) is 25.4 Å². The molecule has 0 spiro atoms. The van der Waals surface area contributed by atoms with Gasteiger partial charge in [-0.3, -0.25) is 0 Å². The predicted molar refractivity (Wildman–Crippen MR) is 86.9 cm³/mol. The van der Waals surface area contributed by atoms with Crippen molar-refractivity contribution in [2.75, 3.05) is 18.6 Å². The SMILES string of the molecule is CC[C@@H]1CCOc2cc(N(C)c3ccc(Cl)cn3)ccc21. The normalized spacial score (nSPS) is 17.0. The molecule has 0 fully saturated rings. The molecule has 1 atom stereocenters. The van der Waals surface area contributed by atoms with Gasteiger partial charge in [-0.05, 0) is 42.5 Å². The monoisotopic (exact) mass is 302 g/mol. The zero-order valence-corrected chi connectivity index (χ0v) is 13.1. The number of rotatable bonds is 3. The molecule has 3 rings (SSSR count). The van der Waals surface area contributed by atoms with Gasteiger partial charge in [0.05, 0.1) is 11.6 Å². The molecule has 0 saturated carbocycles. The van der Waals surface area contributed by atoms with Gasteiger partial charge in [0.25, 0.3) is 0 Å². The summed E-state index contributed by atoms with van der Waals surface area (Å²) in [4.78, 5) is 6.39. The van der Waals surface area contributed by atoms with Crippen molar-refractivity contribution in [3.05, 3.63) is 47.1 Å². The smallest absolute Gasteiger partial charge is 0.132 e. The molecule has 1 aromatic carbocycles. The molecule has 2 aromatic rings. The number of pyridine rings is 1. The molecule has 0 saturated heterocycles. The average molecular weight is 303 g/mol. The third-order valence-corrected chi connectivity index (χ3v) is 4.32. The Kier molecular flexibility index (Phi) is 4.02. The van der Waals surface area contributed by atoms with Gasteiger partial charge in [0.2, 0.25) is 0 Å². The lowest BCUT2D eigenvalue weighted by molar-refractivity contribution is 0.265. The molecule has 0 aliphatic carbocycles. The van der Waals surface area contributed by atoms with Crippen molar-refractivity contribution in [3.63, 3.8) is 0 Å². The van der Waals surface area contributed by atoms with E-state index in [1.54, 1.807) is 6.20 Å². The van der Waals surface area contributed by atoms with Crippen molar-refractivity contribution in [1.29, 1.82) is 0 Å². The first kappa shape index (κ1) is 14.2. The minimum atomic E-state index is 0.613. The van der Waals surface area contributed by atoms with Crippen LogP contribution in [0.5, 0.6) is 5.75 Å². The largest absolute Gasteiger partial charge is 0.493 e. The molecule has 0 amide bonds. The maximum Gasteiger partial charge on any atom is 0.132 e. The van der Waals surface area contributed by atoms with Crippen molar-refractivity contribution in [1.82, 2.24) is 4.98 Å². The molecule has 0 unspecified atom stereocenters. The van der Waals surface area contributed by atoms with Crippen LogP contribution in [0.15, 0.2) is 36.5 Å². The lowest BCUT2D eigenvalue weighted by atomic mass is 9.91. The molecule has 1 aromatic heterocycles. The van der Waals surface area contributed by atoms with Gasteiger partial charge in [0.15, 0.2) is 0 Å². The van der Waals surface area contributed by atoms with Gasteiger partial charge in [-0.2, -0.15) is 0 Å². The molecule has 2 heterocycles. The first-order valence-corrected chi connectivity index (χ1v) is 7.69. The van der Waals surface area contributed by atoms with Crippen LogP contribution in [0.3, 0.4) is 0 Å². The van der Waals surface area contributed by atoms with E-state index in [4.69, 9.17) is 16.3 Å². The molecule has 110 valence electrons. The first-order chi connectivity index (χ1) is 10.2. The number of anilines is 2. The Hall–Kier alpha value is -1.74. The van der Waals surface area contributed by atoms with Crippen molar-refractivity contribution in [2.24, 2.45) is 0 Å². The van der Waals surface area contributed by atoms with E-state index in [0.717, 1.165) is 36.7 Å². The summed E-state index contributed by atoms with van der Waals surface area (Å²) in [7, 11) is 2.00. The third kappa shape index (κ3) is 2.84. The Morgan fingerprint density at radius 1 is 1.33 bits per heavy atom. The maximum absolute atomic E-state index is 5.89. The van der Waals surface area contributed by atoms with Gasteiger partial charge in [0.1, 0.15) is 11.6 Å². The van der Waals surface area contributed by atoms with Crippen molar-refractivity contribution in [2.45, 2.75) is 25.7 Å². The van der Waals surface area contributed by atoms with Gasteiger partial charge in [-0.15, -0.1) is 0 Å². The molecule has 3 nitrogen and oxygen atoms in total. The maximum atomic E-state index is 5.89. The van der Waals surface area contributed by atoms with Crippen molar-refractivity contribution < 1.29 is 4.74 Å². The van der Waals surface area contributed by atoms with E-state index in [2.05, 4.69) is 30.1 Å². The Morgan fingerprint density at radius 2 is 2.19 bits per heavy atom. The number of aromatic nitrogens is 1. The molecule has 21 heavy (non-hydrogen) atoms. The third-order valence-electron chi connectivity index (χ3n) is 4.10. The summed E-state index contributed by atoms with van der Waals surface area (Å²) >= 11 is 5.89. The number of ether oxygens (including phenoxy) is 1. The van der Waals surface area contributed by atoms with Crippen LogP contribution in [0.4, 0.5) is 11.5 Å². The highest BCUT2D eigenvalue weighted by molar-refractivity contribution is 6.30. The number of fused-ring (bicyclic) bond motifs is 1. The van der Waals surface area contributed by atoms with Gasteiger partial charge >= 0.3 is 0 Å². The predicted octanol–water partition coefficient (Wildman–Crippen LogP) is 4.78. The second-order valence-corrected chi connectivity index (χ2v) is 5.79. The lowest BCUT2D eigenvalue weighted by Gasteiger charge is -2.27. The van der Waals surface area contributed by atoms with Crippen LogP contribution in [0.2, 0.25) is 5.02 Å². The number of hydrogen-bond acceptors (Lipinski definition) is 3. The summed E-state index contributed by atoms with van der Waals surface area (Å²) in [5.74, 6) is 2.48. The highest BCUT2D eigenvalue weighted by Crippen LogP contribution is 2.38. The highest BCUT2D eigenvalue weighted by atomic mass is 35.5. The summed E-state index contributed by atoms with van der Waals surface area (Å²) in [6.07, 6.45) is 3.93. The fraction of sp³-hybridized carbons (Fsp3) is 0.353. The molecule has 1 aliphatic heterocycles. The Balaban J connectivity index is 1.91. The molecule has 0 radical (unpaired) electrons. The Bertz CT molecular complexity index is 627. The second-order valence-electron chi connectivity index (χ2n) is 5.36. The minimum absolute atomic E-state index is 0.613. The number of halogens is 1. The summed E-state index contributed by atoms with van der Waals surface area (Å²) in [5, 5.41) is 0.645. The molecular weight excluding hydrogens is 284 g/mol. The fourth-order valence-corrected chi connectivity index (χ4v) is 2.90. The van der Waals surface area contributed by atoms with E-state index in [1.165, 1.54) is 5.56 Å². The standard InChI is InChI=1S/C17H19ClN2O/c1-3-12-8-9-21-16-10-14(5-6-15(12)16)20(2)17-7-4-13(18)11-19-17/h4-7,10-12H,3,8-9H2,1-2H3/t12-/m1/s1. The minimum Gasteiger partial charge on any atom is -0.493 e. The van der Waals surface area contributed by atoms with E-state index in [1.807, 2.05) is 24.1 Å². The Labute approximate surface area is 130 Å². The van der Waals surface area contributed by atoms with E-state index in [-0.39, 0.29) is 0 Å². The van der Waals surface area contributed by atoms with Gasteiger partial charge < -0.3 is 9.64 Å². The molecular formula is C17H19ClN2O. The Morgan fingerprint density at radius 3 is 2.90 bits per heavy atom. The summed E-state index contributed by atoms with van der Waals surface area (Å²) < 4.78 is 5.83. The second kappa shape index (κ2) is 5.94. The van der Waals surface area contributed by atoms with Gasteiger partial charge in [-0.25, -0.2) is 4.98 Å². The summed E-state index contributed by atoms with van der Waals surface area (Å²) in [6.45, 7) is 3.04. The van der Waals surface area contributed by atoms with Crippen LogP contribution >= 0.6 is 11.6 Å².